The van der Waals surface area contributed by atoms with E-state index in [1.807, 2.05) is 7.05 Å². The molecule has 3 heterocycles. The third kappa shape index (κ3) is 1.71. The van der Waals surface area contributed by atoms with E-state index in [4.69, 9.17) is 0 Å². The fraction of sp³-hybridized carbons (Fsp3) is 0.0909. The highest BCUT2D eigenvalue weighted by molar-refractivity contribution is 6.07. The first-order chi connectivity index (χ1) is 8.74. The monoisotopic (exact) mass is 242 g/mol. The SMILES string of the molecule is Cn1cnc(NC(=O)c2cnn3cccnc23)c1. The van der Waals surface area contributed by atoms with E-state index in [1.54, 1.807) is 40.1 Å². The number of aryl methyl sites for hydroxylation is 1. The minimum absolute atomic E-state index is 0.276. The minimum atomic E-state index is -0.276. The molecule has 3 aromatic heterocycles. The lowest BCUT2D eigenvalue weighted by atomic mass is 10.3. The predicted octanol–water partition coefficient (Wildman–Crippen LogP) is 0.715. The van der Waals surface area contributed by atoms with E-state index in [-0.39, 0.29) is 5.91 Å². The summed E-state index contributed by atoms with van der Waals surface area (Å²) < 4.78 is 3.30. The number of aromatic nitrogens is 5. The summed E-state index contributed by atoms with van der Waals surface area (Å²) in [6, 6.07) is 1.75. The number of rotatable bonds is 2. The smallest absolute Gasteiger partial charge is 0.262 e. The summed E-state index contributed by atoms with van der Waals surface area (Å²) in [6.07, 6.45) is 8.18. The summed E-state index contributed by atoms with van der Waals surface area (Å²) >= 11 is 0. The zero-order chi connectivity index (χ0) is 12.5. The molecule has 0 unspecified atom stereocenters. The Morgan fingerprint density at radius 1 is 1.39 bits per heavy atom. The molecule has 0 radical (unpaired) electrons. The van der Waals surface area contributed by atoms with Crippen molar-refractivity contribution in [2.75, 3.05) is 5.32 Å². The molecule has 0 saturated carbocycles. The highest BCUT2D eigenvalue weighted by atomic mass is 16.1. The van der Waals surface area contributed by atoms with E-state index < -0.39 is 0 Å². The van der Waals surface area contributed by atoms with Crippen LogP contribution in [0, 0.1) is 0 Å². The van der Waals surface area contributed by atoms with Gasteiger partial charge in [0.2, 0.25) is 0 Å². The van der Waals surface area contributed by atoms with Crippen molar-refractivity contribution in [1.29, 1.82) is 0 Å². The van der Waals surface area contributed by atoms with Crippen molar-refractivity contribution in [3.05, 3.63) is 42.7 Å². The molecule has 0 saturated heterocycles. The number of carbonyl (C=O) groups excluding carboxylic acids is 1. The molecule has 0 spiro atoms. The van der Waals surface area contributed by atoms with Crippen LogP contribution in [0.5, 0.6) is 0 Å². The fourth-order valence-corrected chi connectivity index (χ4v) is 1.65. The molecular formula is C11H10N6O. The molecule has 0 bridgehead atoms. The number of imidazole rings is 1. The second-order valence-corrected chi connectivity index (χ2v) is 3.82. The average molecular weight is 242 g/mol. The highest BCUT2D eigenvalue weighted by Gasteiger charge is 2.14. The van der Waals surface area contributed by atoms with Gasteiger partial charge in [0.25, 0.3) is 5.91 Å². The van der Waals surface area contributed by atoms with Gasteiger partial charge in [0.15, 0.2) is 11.5 Å². The molecule has 3 aromatic rings. The number of amides is 1. The Morgan fingerprint density at radius 3 is 3.06 bits per heavy atom. The minimum Gasteiger partial charge on any atom is -0.338 e. The summed E-state index contributed by atoms with van der Waals surface area (Å²) in [5, 5.41) is 6.75. The maximum atomic E-state index is 12.0. The molecule has 0 aromatic carbocycles. The van der Waals surface area contributed by atoms with Crippen LogP contribution in [-0.2, 0) is 7.05 Å². The second-order valence-electron chi connectivity index (χ2n) is 3.82. The topological polar surface area (TPSA) is 77.1 Å². The zero-order valence-electron chi connectivity index (χ0n) is 9.61. The number of anilines is 1. The maximum Gasteiger partial charge on any atom is 0.262 e. The van der Waals surface area contributed by atoms with Crippen LogP contribution in [0.1, 0.15) is 10.4 Å². The normalized spacial score (nSPS) is 10.7. The molecule has 0 aliphatic carbocycles. The maximum absolute atomic E-state index is 12.0. The Kier molecular flexibility index (Phi) is 2.30. The van der Waals surface area contributed by atoms with Crippen molar-refractivity contribution in [2.24, 2.45) is 7.05 Å². The first kappa shape index (κ1) is 10.5. The van der Waals surface area contributed by atoms with Gasteiger partial charge in [-0.2, -0.15) is 5.10 Å². The van der Waals surface area contributed by atoms with E-state index in [1.165, 1.54) is 6.20 Å². The van der Waals surface area contributed by atoms with E-state index in [9.17, 15) is 4.79 Å². The molecule has 18 heavy (non-hydrogen) atoms. The zero-order valence-corrected chi connectivity index (χ0v) is 9.61. The summed E-state index contributed by atoms with van der Waals surface area (Å²) in [7, 11) is 1.83. The van der Waals surface area contributed by atoms with Gasteiger partial charge >= 0.3 is 0 Å². The van der Waals surface area contributed by atoms with Crippen LogP contribution in [0.25, 0.3) is 5.65 Å². The number of fused-ring (bicyclic) bond motifs is 1. The van der Waals surface area contributed by atoms with Crippen molar-refractivity contribution >= 4 is 17.4 Å². The van der Waals surface area contributed by atoms with E-state index in [2.05, 4.69) is 20.4 Å². The Hall–Kier alpha value is -2.70. The van der Waals surface area contributed by atoms with Crippen LogP contribution in [0.15, 0.2) is 37.2 Å². The van der Waals surface area contributed by atoms with Gasteiger partial charge in [-0.1, -0.05) is 0 Å². The van der Waals surface area contributed by atoms with Crippen LogP contribution < -0.4 is 5.32 Å². The van der Waals surface area contributed by atoms with Crippen molar-refractivity contribution in [3.8, 4) is 0 Å². The van der Waals surface area contributed by atoms with Gasteiger partial charge < -0.3 is 9.88 Å². The highest BCUT2D eigenvalue weighted by Crippen LogP contribution is 2.10. The molecule has 3 rings (SSSR count). The Labute approximate surface area is 102 Å². The van der Waals surface area contributed by atoms with E-state index >= 15 is 0 Å². The lowest BCUT2D eigenvalue weighted by Gasteiger charge is -1.99. The lowest BCUT2D eigenvalue weighted by molar-refractivity contribution is 0.102. The number of hydrogen-bond acceptors (Lipinski definition) is 4. The second kappa shape index (κ2) is 3.95. The molecule has 7 heteroatoms. The van der Waals surface area contributed by atoms with Gasteiger partial charge in [0, 0.05) is 25.6 Å². The summed E-state index contributed by atoms with van der Waals surface area (Å²) in [4.78, 5) is 20.2. The van der Waals surface area contributed by atoms with Gasteiger partial charge in [0.1, 0.15) is 5.56 Å². The number of nitrogens with zero attached hydrogens (tertiary/aromatic N) is 5. The average Bonchev–Trinajstić information content (AvgIpc) is 2.95. The number of hydrogen-bond donors (Lipinski definition) is 1. The number of nitrogens with one attached hydrogen (secondary N) is 1. The molecular weight excluding hydrogens is 232 g/mol. The van der Waals surface area contributed by atoms with E-state index in [0.29, 0.717) is 17.0 Å². The first-order valence-corrected chi connectivity index (χ1v) is 5.32. The van der Waals surface area contributed by atoms with Gasteiger partial charge in [-0.25, -0.2) is 14.5 Å². The van der Waals surface area contributed by atoms with Crippen molar-refractivity contribution in [3.63, 3.8) is 0 Å². The standard InChI is InChI=1S/C11H10N6O/c1-16-6-9(13-7-16)15-11(18)8-5-14-17-4-2-3-12-10(8)17/h2-7H,1H3,(H,15,18). The molecule has 1 N–H and O–H groups in total. The summed E-state index contributed by atoms with van der Waals surface area (Å²) in [5.74, 6) is 0.222. The third-order valence-corrected chi connectivity index (χ3v) is 2.47. The molecule has 90 valence electrons. The van der Waals surface area contributed by atoms with Crippen LogP contribution in [0.2, 0.25) is 0 Å². The Balaban J connectivity index is 1.92. The predicted molar refractivity (Wildman–Crippen MR) is 64.1 cm³/mol. The first-order valence-electron chi connectivity index (χ1n) is 5.32. The van der Waals surface area contributed by atoms with Crippen LogP contribution in [-0.4, -0.2) is 30.1 Å². The molecule has 7 nitrogen and oxygen atoms in total. The van der Waals surface area contributed by atoms with Gasteiger partial charge in [0.05, 0.1) is 12.5 Å². The lowest BCUT2D eigenvalue weighted by Crippen LogP contribution is -2.12. The molecule has 1 amide bonds. The van der Waals surface area contributed by atoms with Crippen molar-refractivity contribution in [2.45, 2.75) is 0 Å². The van der Waals surface area contributed by atoms with Crippen LogP contribution in [0.3, 0.4) is 0 Å². The summed E-state index contributed by atoms with van der Waals surface area (Å²) in [5.41, 5.74) is 0.937. The summed E-state index contributed by atoms with van der Waals surface area (Å²) in [6.45, 7) is 0. The third-order valence-electron chi connectivity index (χ3n) is 2.47. The fourth-order valence-electron chi connectivity index (χ4n) is 1.65. The Bertz CT molecular complexity index is 713. The van der Waals surface area contributed by atoms with Crippen LogP contribution >= 0.6 is 0 Å². The quantitative estimate of drug-likeness (QED) is 0.718. The van der Waals surface area contributed by atoms with Crippen molar-refractivity contribution < 1.29 is 4.79 Å². The van der Waals surface area contributed by atoms with Gasteiger partial charge in [-0.3, -0.25) is 4.79 Å². The Morgan fingerprint density at radius 2 is 2.28 bits per heavy atom. The van der Waals surface area contributed by atoms with Gasteiger partial charge in [-0.15, -0.1) is 0 Å². The van der Waals surface area contributed by atoms with Gasteiger partial charge in [-0.05, 0) is 6.07 Å². The molecule has 0 aliphatic heterocycles. The molecule has 0 aliphatic rings. The molecule has 0 atom stereocenters. The van der Waals surface area contributed by atoms with E-state index in [0.717, 1.165) is 0 Å². The molecule has 0 fully saturated rings. The largest absolute Gasteiger partial charge is 0.338 e. The van der Waals surface area contributed by atoms with Crippen molar-refractivity contribution in [1.82, 2.24) is 24.1 Å². The number of carbonyl (C=O) groups is 1. The van der Waals surface area contributed by atoms with Crippen LogP contribution in [0.4, 0.5) is 5.82 Å².